The molecule has 1 aromatic rings. The summed E-state index contributed by atoms with van der Waals surface area (Å²) in [5.74, 6) is 0. The summed E-state index contributed by atoms with van der Waals surface area (Å²) < 4.78 is 0. The molecule has 1 rings (SSSR count). The number of nitrogens with zero attached hydrogens (tertiary/aromatic N) is 1. The smallest absolute Gasteiger partial charge is 0.317 e. The van der Waals surface area contributed by atoms with Crippen LogP contribution in [0.3, 0.4) is 0 Å². The van der Waals surface area contributed by atoms with Crippen LogP contribution < -0.4 is 5.32 Å². The van der Waals surface area contributed by atoms with Crippen LogP contribution in [0.1, 0.15) is 32.4 Å². The maximum Gasteiger partial charge on any atom is 0.317 e. The predicted molar refractivity (Wildman–Crippen MR) is 82.3 cm³/mol. The molecule has 0 bridgehead atoms. The Labute approximate surface area is 129 Å². The van der Waals surface area contributed by atoms with Gasteiger partial charge in [-0.15, -0.1) is 0 Å². The molecule has 20 heavy (non-hydrogen) atoms. The summed E-state index contributed by atoms with van der Waals surface area (Å²) in [5.41, 5.74) is -0.0664. The molecule has 1 aromatic carbocycles. The van der Waals surface area contributed by atoms with Crippen molar-refractivity contribution in [2.24, 2.45) is 0 Å². The van der Waals surface area contributed by atoms with E-state index in [-0.39, 0.29) is 18.6 Å². The summed E-state index contributed by atoms with van der Waals surface area (Å²) in [5, 5.41) is 13.5. The molecule has 0 spiro atoms. The highest BCUT2D eigenvalue weighted by atomic mass is 35.5. The minimum atomic E-state index is -0.932. The van der Waals surface area contributed by atoms with Crippen molar-refractivity contribution in [2.45, 2.75) is 32.4 Å². The van der Waals surface area contributed by atoms with Gasteiger partial charge in [0.2, 0.25) is 0 Å². The van der Waals surface area contributed by atoms with Crippen LogP contribution in [-0.4, -0.2) is 35.2 Å². The lowest BCUT2D eigenvalue weighted by atomic mass is 10.1. The summed E-state index contributed by atoms with van der Waals surface area (Å²) in [6.45, 7) is 5.40. The fourth-order valence-electron chi connectivity index (χ4n) is 1.81. The summed E-state index contributed by atoms with van der Waals surface area (Å²) in [7, 11) is 1.63. The van der Waals surface area contributed by atoms with E-state index in [0.29, 0.717) is 10.0 Å². The molecule has 0 saturated carbocycles. The van der Waals surface area contributed by atoms with Crippen LogP contribution in [0.25, 0.3) is 0 Å². The molecule has 112 valence electrons. The Morgan fingerprint density at radius 1 is 1.40 bits per heavy atom. The van der Waals surface area contributed by atoms with Crippen molar-refractivity contribution in [3.63, 3.8) is 0 Å². The first-order valence-corrected chi connectivity index (χ1v) is 7.04. The van der Waals surface area contributed by atoms with E-state index in [0.717, 1.165) is 5.56 Å². The topological polar surface area (TPSA) is 52.6 Å². The van der Waals surface area contributed by atoms with Crippen molar-refractivity contribution in [1.29, 1.82) is 0 Å². The minimum absolute atomic E-state index is 0.207. The zero-order valence-corrected chi connectivity index (χ0v) is 13.6. The standard InChI is InChI=1S/C14H20Cl2N2O2/c1-9(10-5-6-11(15)12(16)7-10)17-13(19)18(4)8-14(2,3)20/h5-7,9,20H,8H2,1-4H3,(H,17,19). The molecule has 0 heterocycles. The number of halogens is 2. The highest BCUT2D eigenvalue weighted by molar-refractivity contribution is 6.42. The van der Waals surface area contributed by atoms with Gasteiger partial charge in [0.05, 0.1) is 28.2 Å². The van der Waals surface area contributed by atoms with E-state index < -0.39 is 5.60 Å². The first-order chi connectivity index (χ1) is 9.10. The van der Waals surface area contributed by atoms with Gasteiger partial charge in [0.25, 0.3) is 0 Å². The Bertz CT molecular complexity index is 487. The van der Waals surface area contributed by atoms with Crippen molar-refractivity contribution in [2.75, 3.05) is 13.6 Å². The van der Waals surface area contributed by atoms with Gasteiger partial charge in [0.1, 0.15) is 0 Å². The Kier molecular flexibility index (Phi) is 5.68. The zero-order chi connectivity index (χ0) is 15.5. The second kappa shape index (κ2) is 6.66. The van der Waals surface area contributed by atoms with E-state index in [1.165, 1.54) is 4.90 Å². The van der Waals surface area contributed by atoms with E-state index in [9.17, 15) is 9.90 Å². The maximum atomic E-state index is 12.0. The van der Waals surface area contributed by atoms with Crippen LogP contribution in [0.5, 0.6) is 0 Å². The molecule has 2 amide bonds. The van der Waals surface area contributed by atoms with Crippen LogP contribution in [0.4, 0.5) is 4.79 Å². The third-order valence-corrected chi connectivity index (χ3v) is 3.49. The molecule has 6 heteroatoms. The lowest BCUT2D eigenvalue weighted by Crippen LogP contribution is -2.45. The van der Waals surface area contributed by atoms with E-state index in [1.54, 1.807) is 33.0 Å². The third kappa shape index (κ3) is 5.19. The quantitative estimate of drug-likeness (QED) is 0.893. The van der Waals surface area contributed by atoms with Crippen molar-refractivity contribution in [3.8, 4) is 0 Å². The average molecular weight is 319 g/mol. The monoisotopic (exact) mass is 318 g/mol. The molecule has 0 radical (unpaired) electrons. The predicted octanol–water partition coefficient (Wildman–Crippen LogP) is 3.47. The fourth-order valence-corrected chi connectivity index (χ4v) is 2.12. The summed E-state index contributed by atoms with van der Waals surface area (Å²) in [4.78, 5) is 13.4. The van der Waals surface area contributed by atoms with Crippen molar-refractivity contribution in [3.05, 3.63) is 33.8 Å². The second-order valence-corrected chi connectivity index (χ2v) is 6.33. The number of benzene rings is 1. The number of hydrogen-bond acceptors (Lipinski definition) is 2. The Morgan fingerprint density at radius 2 is 2.00 bits per heavy atom. The van der Waals surface area contributed by atoms with Gasteiger partial charge in [0.15, 0.2) is 0 Å². The number of rotatable bonds is 4. The normalized spacial score (nSPS) is 12.9. The zero-order valence-electron chi connectivity index (χ0n) is 12.1. The molecule has 0 aromatic heterocycles. The number of aliphatic hydroxyl groups is 1. The third-order valence-electron chi connectivity index (χ3n) is 2.75. The van der Waals surface area contributed by atoms with Gasteiger partial charge in [-0.25, -0.2) is 4.79 Å². The molecule has 1 atom stereocenters. The largest absolute Gasteiger partial charge is 0.389 e. The van der Waals surface area contributed by atoms with Crippen LogP contribution in [0.15, 0.2) is 18.2 Å². The van der Waals surface area contributed by atoms with Gasteiger partial charge in [-0.3, -0.25) is 0 Å². The number of carbonyl (C=O) groups excluding carboxylic acids is 1. The first kappa shape index (κ1) is 17.1. The Hall–Kier alpha value is -0.970. The fraction of sp³-hybridized carbons (Fsp3) is 0.500. The molecule has 1 unspecified atom stereocenters. The van der Waals surface area contributed by atoms with Crippen LogP contribution in [0.2, 0.25) is 10.0 Å². The summed E-state index contributed by atoms with van der Waals surface area (Å²) >= 11 is 11.8. The lowest BCUT2D eigenvalue weighted by molar-refractivity contribution is 0.0528. The first-order valence-electron chi connectivity index (χ1n) is 6.29. The van der Waals surface area contributed by atoms with Crippen molar-refractivity contribution < 1.29 is 9.90 Å². The number of carbonyl (C=O) groups is 1. The maximum absolute atomic E-state index is 12.0. The van der Waals surface area contributed by atoms with Crippen LogP contribution in [-0.2, 0) is 0 Å². The van der Waals surface area contributed by atoms with Crippen LogP contribution >= 0.6 is 23.2 Å². The van der Waals surface area contributed by atoms with E-state index in [2.05, 4.69) is 5.32 Å². The second-order valence-electron chi connectivity index (χ2n) is 5.51. The summed E-state index contributed by atoms with van der Waals surface area (Å²) in [6, 6.07) is 4.77. The molecule has 0 aliphatic heterocycles. The van der Waals surface area contributed by atoms with E-state index in [1.807, 2.05) is 13.0 Å². The highest BCUT2D eigenvalue weighted by Gasteiger charge is 2.20. The number of amides is 2. The van der Waals surface area contributed by atoms with Gasteiger partial charge in [-0.2, -0.15) is 0 Å². The van der Waals surface area contributed by atoms with E-state index in [4.69, 9.17) is 23.2 Å². The molecule has 2 N–H and O–H groups in total. The number of hydrogen-bond donors (Lipinski definition) is 2. The van der Waals surface area contributed by atoms with Gasteiger partial charge in [-0.05, 0) is 38.5 Å². The molecule has 0 aliphatic carbocycles. The molecule has 0 aliphatic rings. The number of urea groups is 1. The number of likely N-dealkylation sites (N-methyl/N-ethyl adjacent to an activating group) is 1. The molecular weight excluding hydrogens is 299 g/mol. The highest BCUT2D eigenvalue weighted by Crippen LogP contribution is 2.25. The van der Waals surface area contributed by atoms with Crippen molar-refractivity contribution >= 4 is 29.2 Å². The van der Waals surface area contributed by atoms with Crippen LogP contribution in [0, 0.1) is 0 Å². The van der Waals surface area contributed by atoms with E-state index >= 15 is 0 Å². The van der Waals surface area contributed by atoms with Gasteiger partial charge in [-0.1, -0.05) is 29.3 Å². The summed E-state index contributed by atoms with van der Waals surface area (Å²) in [6.07, 6.45) is 0. The average Bonchev–Trinajstić information content (AvgIpc) is 2.30. The Morgan fingerprint density at radius 3 is 2.50 bits per heavy atom. The minimum Gasteiger partial charge on any atom is -0.389 e. The van der Waals surface area contributed by atoms with Gasteiger partial charge in [0, 0.05) is 7.05 Å². The SMILES string of the molecule is CC(NC(=O)N(C)CC(C)(C)O)c1ccc(Cl)c(Cl)c1. The van der Waals surface area contributed by atoms with Gasteiger partial charge < -0.3 is 15.3 Å². The van der Waals surface area contributed by atoms with Gasteiger partial charge >= 0.3 is 6.03 Å². The lowest BCUT2D eigenvalue weighted by Gasteiger charge is -2.27. The number of nitrogens with one attached hydrogen (secondary N) is 1. The van der Waals surface area contributed by atoms with Crippen molar-refractivity contribution in [1.82, 2.24) is 10.2 Å². The Balaban J connectivity index is 2.67. The molecule has 0 saturated heterocycles. The molecule has 0 fully saturated rings. The molecule has 4 nitrogen and oxygen atoms in total. The molecular formula is C14H20Cl2N2O2.